The van der Waals surface area contributed by atoms with Crippen LogP contribution in [-0.4, -0.2) is 94.5 Å². The van der Waals surface area contributed by atoms with Crippen LogP contribution in [0.3, 0.4) is 0 Å². The quantitative estimate of drug-likeness (QED) is 0.0402. The van der Waals surface area contributed by atoms with Gasteiger partial charge in [-0.1, -0.05) is 0 Å². The monoisotopic (exact) mass is 562 g/mol. The van der Waals surface area contributed by atoms with Crippen molar-refractivity contribution < 1.29 is 39.0 Å². The Morgan fingerprint density at radius 3 is 1.82 bits per heavy atom. The van der Waals surface area contributed by atoms with Crippen molar-refractivity contribution >= 4 is 53.3 Å². The number of thioether (sulfide) groups is 1. The van der Waals surface area contributed by atoms with Crippen molar-refractivity contribution in [3.8, 4) is 0 Å². The molecule has 0 rings (SSSR count). The van der Waals surface area contributed by atoms with Crippen LogP contribution in [0.4, 0.5) is 0 Å². The van der Waals surface area contributed by atoms with Gasteiger partial charge in [0.2, 0.25) is 23.6 Å². The van der Waals surface area contributed by atoms with E-state index in [0.29, 0.717) is 12.2 Å². The van der Waals surface area contributed by atoms with Crippen LogP contribution < -0.4 is 38.9 Å². The number of primary amides is 1. The second-order valence-electron chi connectivity index (χ2n) is 8.30. The summed E-state index contributed by atoms with van der Waals surface area (Å²) in [6.07, 6.45) is 1.15. The minimum atomic E-state index is -1.49. The first-order valence-corrected chi connectivity index (χ1v) is 13.1. The van der Waals surface area contributed by atoms with Crippen LogP contribution in [0, 0.1) is 0 Å². The predicted molar refractivity (Wildman–Crippen MR) is 140 cm³/mol. The molecule has 0 saturated carbocycles. The zero-order valence-electron chi connectivity index (χ0n) is 21.2. The highest BCUT2D eigenvalue weighted by atomic mass is 32.2. The first kappa shape index (κ1) is 34.4. The number of carbonyl (C=O) groups is 6. The van der Waals surface area contributed by atoms with Crippen molar-refractivity contribution in [3.05, 3.63) is 0 Å². The van der Waals surface area contributed by atoms with Crippen molar-refractivity contribution in [2.75, 3.05) is 18.6 Å². The Balaban J connectivity index is 5.47. The van der Waals surface area contributed by atoms with Crippen molar-refractivity contribution in [1.82, 2.24) is 16.0 Å². The molecule has 216 valence electrons. The van der Waals surface area contributed by atoms with Crippen LogP contribution in [0.15, 0.2) is 4.99 Å². The third-order valence-electron chi connectivity index (χ3n) is 5.12. The number of guanidine groups is 1. The molecule has 38 heavy (non-hydrogen) atoms. The van der Waals surface area contributed by atoms with Gasteiger partial charge in [-0.3, -0.25) is 29.0 Å². The maximum atomic E-state index is 13.0. The zero-order chi connectivity index (χ0) is 29.3. The number of rotatable bonds is 20. The lowest BCUT2D eigenvalue weighted by Gasteiger charge is -2.25. The third-order valence-corrected chi connectivity index (χ3v) is 5.77. The molecule has 0 heterocycles. The first-order valence-electron chi connectivity index (χ1n) is 11.7. The van der Waals surface area contributed by atoms with E-state index in [1.807, 2.05) is 0 Å². The molecule has 0 fully saturated rings. The number of nitrogens with two attached hydrogens (primary N) is 4. The Bertz CT molecular complexity index is 868. The molecule has 0 aliphatic heterocycles. The minimum absolute atomic E-state index is 0.102. The van der Waals surface area contributed by atoms with E-state index in [2.05, 4.69) is 20.9 Å². The number of amides is 4. The molecule has 0 aromatic carbocycles. The zero-order valence-corrected chi connectivity index (χ0v) is 22.0. The van der Waals surface area contributed by atoms with Crippen LogP contribution in [0.25, 0.3) is 0 Å². The Hall–Kier alpha value is -3.60. The average molecular weight is 563 g/mol. The van der Waals surface area contributed by atoms with Crippen molar-refractivity contribution in [3.63, 3.8) is 0 Å². The van der Waals surface area contributed by atoms with Gasteiger partial charge in [0.25, 0.3) is 0 Å². The Morgan fingerprint density at radius 1 is 0.789 bits per heavy atom. The van der Waals surface area contributed by atoms with E-state index < -0.39 is 66.2 Å². The Kier molecular flexibility index (Phi) is 16.9. The summed E-state index contributed by atoms with van der Waals surface area (Å²) in [5, 5.41) is 25.3. The number of aliphatic carboxylic acids is 2. The number of hydrogen-bond donors (Lipinski definition) is 9. The van der Waals surface area contributed by atoms with E-state index in [1.165, 1.54) is 11.8 Å². The van der Waals surface area contributed by atoms with Gasteiger partial charge < -0.3 is 49.1 Å². The van der Waals surface area contributed by atoms with Gasteiger partial charge in [-0.05, 0) is 44.1 Å². The molecular formula is C21H38N8O8S. The molecule has 17 heteroatoms. The van der Waals surface area contributed by atoms with Crippen molar-refractivity contribution in [1.29, 1.82) is 0 Å². The van der Waals surface area contributed by atoms with Gasteiger partial charge in [-0.25, -0.2) is 4.79 Å². The highest BCUT2D eigenvalue weighted by molar-refractivity contribution is 7.98. The van der Waals surface area contributed by atoms with E-state index >= 15 is 0 Å². The SMILES string of the molecule is CSCCC(NC(=O)C(CCC(N)=O)NC(=O)C(N)CCCN=C(N)N)C(=O)NC(CCC(=O)O)C(=O)O. The Labute approximate surface area is 224 Å². The normalized spacial score (nSPS) is 13.7. The molecule has 0 bridgehead atoms. The highest BCUT2D eigenvalue weighted by Crippen LogP contribution is 2.07. The van der Waals surface area contributed by atoms with Gasteiger partial charge in [0, 0.05) is 19.4 Å². The average Bonchev–Trinajstić information content (AvgIpc) is 2.83. The van der Waals surface area contributed by atoms with E-state index in [0.717, 1.165) is 0 Å². The summed E-state index contributed by atoms with van der Waals surface area (Å²) in [5.41, 5.74) is 21.5. The molecule has 4 amide bonds. The molecule has 0 aromatic rings. The molecule has 0 aliphatic carbocycles. The fourth-order valence-corrected chi connectivity index (χ4v) is 3.53. The highest BCUT2D eigenvalue weighted by Gasteiger charge is 2.30. The number of carbonyl (C=O) groups excluding carboxylic acids is 4. The number of aliphatic imine (C=N–C) groups is 1. The van der Waals surface area contributed by atoms with Crippen molar-refractivity contribution in [2.24, 2.45) is 27.9 Å². The van der Waals surface area contributed by atoms with Crippen LogP contribution in [0.5, 0.6) is 0 Å². The second-order valence-corrected chi connectivity index (χ2v) is 9.28. The standard InChI is InChI=1S/C21H38N8O8S/c1-38-10-8-13(19(35)29-14(20(36)37)5-7-16(31)32)28-18(34)12(4-6-15(23)30)27-17(33)11(22)3-2-9-26-21(24)25/h11-14H,2-10,22H2,1H3,(H2,23,30)(H,27,33)(H,28,34)(H,29,35)(H,31,32)(H,36,37)(H4,24,25,26). The summed E-state index contributed by atoms with van der Waals surface area (Å²) >= 11 is 1.36. The molecule has 0 spiro atoms. The van der Waals surface area contributed by atoms with Crippen LogP contribution >= 0.6 is 11.8 Å². The molecule has 13 N–H and O–H groups in total. The molecule has 4 atom stereocenters. The summed E-state index contributed by atoms with van der Waals surface area (Å²) in [6, 6.07) is -4.99. The van der Waals surface area contributed by atoms with Gasteiger partial charge >= 0.3 is 11.9 Å². The summed E-state index contributed by atoms with van der Waals surface area (Å²) in [6.45, 7) is 0.241. The Morgan fingerprint density at radius 2 is 1.32 bits per heavy atom. The van der Waals surface area contributed by atoms with E-state index in [4.69, 9.17) is 28.0 Å². The van der Waals surface area contributed by atoms with E-state index in [-0.39, 0.29) is 44.6 Å². The van der Waals surface area contributed by atoms with E-state index in [1.54, 1.807) is 6.26 Å². The number of nitrogens with one attached hydrogen (secondary N) is 3. The van der Waals surface area contributed by atoms with Crippen LogP contribution in [0.1, 0.15) is 44.9 Å². The van der Waals surface area contributed by atoms with Crippen molar-refractivity contribution in [2.45, 2.75) is 69.1 Å². The molecule has 16 nitrogen and oxygen atoms in total. The third kappa shape index (κ3) is 15.5. The molecule has 0 radical (unpaired) electrons. The van der Waals surface area contributed by atoms with Gasteiger partial charge in [-0.2, -0.15) is 11.8 Å². The predicted octanol–water partition coefficient (Wildman–Crippen LogP) is -3.21. The minimum Gasteiger partial charge on any atom is -0.481 e. The van der Waals surface area contributed by atoms with Crippen LogP contribution in [-0.2, 0) is 28.8 Å². The fourth-order valence-electron chi connectivity index (χ4n) is 3.06. The topological polar surface area (TPSA) is 295 Å². The summed E-state index contributed by atoms with van der Waals surface area (Å²) in [4.78, 5) is 75.7. The second kappa shape index (κ2) is 18.6. The summed E-state index contributed by atoms with van der Waals surface area (Å²) in [7, 11) is 0. The largest absolute Gasteiger partial charge is 0.481 e. The molecule has 0 aromatic heterocycles. The number of nitrogens with zero attached hydrogens (tertiary/aromatic N) is 1. The smallest absolute Gasteiger partial charge is 0.326 e. The summed E-state index contributed by atoms with van der Waals surface area (Å²) < 4.78 is 0. The molecule has 0 aliphatic rings. The fraction of sp³-hybridized carbons (Fsp3) is 0.667. The lowest BCUT2D eigenvalue weighted by Crippen LogP contribution is -2.57. The summed E-state index contributed by atoms with van der Waals surface area (Å²) in [5.74, 6) is -5.45. The maximum Gasteiger partial charge on any atom is 0.326 e. The first-order chi connectivity index (χ1) is 17.8. The van der Waals surface area contributed by atoms with Gasteiger partial charge in [0.15, 0.2) is 5.96 Å². The lowest BCUT2D eigenvalue weighted by atomic mass is 10.1. The van der Waals surface area contributed by atoms with Crippen LogP contribution in [0.2, 0.25) is 0 Å². The van der Waals surface area contributed by atoms with Gasteiger partial charge in [0.1, 0.15) is 18.1 Å². The number of carboxylic acid groups (broad SMARTS) is 2. The molecule has 0 saturated heterocycles. The number of hydrogen-bond acceptors (Lipinski definition) is 9. The molecular weight excluding hydrogens is 524 g/mol. The number of carboxylic acids is 2. The lowest BCUT2D eigenvalue weighted by molar-refractivity contribution is -0.143. The molecule has 4 unspecified atom stereocenters. The van der Waals surface area contributed by atoms with E-state index in [9.17, 15) is 33.9 Å². The van der Waals surface area contributed by atoms with Gasteiger partial charge in [0.05, 0.1) is 6.04 Å². The van der Waals surface area contributed by atoms with Gasteiger partial charge in [-0.15, -0.1) is 0 Å². The maximum absolute atomic E-state index is 13.0.